The van der Waals surface area contributed by atoms with Crippen LogP contribution in [0.3, 0.4) is 0 Å². The van der Waals surface area contributed by atoms with Gasteiger partial charge in [-0.2, -0.15) is 4.98 Å². The Morgan fingerprint density at radius 1 is 1.50 bits per heavy atom. The van der Waals surface area contributed by atoms with Gasteiger partial charge in [-0.25, -0.2) is 0 Å². The molecule has 0 aliphatic heterocycles. The molecule has 1 atom stereocenters. The largest absolute Gasteiger partial charge is 0.334 e. The van der Waals surface area contributed by atoms with Gasteiger partial charge in [-0.15, -0.1) is 0 Å². The van der Waals surface area contributed by atoms with E-state index in [4.69, 9.17) is 21.9 Å². The van der Waals surface area contributed by atoms with Crippen LogP contribution in [0, 0.1) is 0 Å². The van der Waals surface area contributed by atoms with Gasteiger partial charge in [-0.3, -0.25) is 0 Å². The summed E-state index contributed by atoms with van der Waals surface area (Å²) in [7, 11) is 0. The van der Waals surface area contributed by atoms with E-state index in [0.29, 0.717) is 23.2 Å². The highest BCUT2D eigenvalue weighted by atomic mass is 79.9. The smallest absolute Gasteiger partial charge is 0.257 e. The summed E-state index contributed by atoms with van der Waals surface area (Å²) in [6.07, 6.45) is 1.51. The van der Waals surface area contributed by atoms with E-state index in [0.717, 1.165) is 16.5 Å². The van der Waals surface area contributed by atoms with E-state index in [1.165, 1.54) is 0 Å². The third-order valence-electron chi connectivity index (χ3n) is 2.60. The lowest BCUT2D eigenvalue weighted by Crippen LogP contribution is -2.21. The van der Waals surface area contributed by atoms with Gasteiger partial charge in [0.2, 0.25) is 0 Å². The lowest BCUT2D eigenvalue weighted by molar-refractivity contribution is 0.419. The van der Waals surface area contributed by atoms with Crippen molar-refractivity contribution in [1.82, 2.24) is 10.1 Å². The lowest BCUT2D eigenvalue weighted by Gasteiger charge is -2.02. The molecule has 0 bridgehead atoms. The predicted molar refractivity (Wildman–Crippen MR) is 74.4 cm³/mol. The first-order valence-electron chi connectivity index (χ1n) is 5.63. The first kappa shape index (κ1) is 13.5. The second-order valence-corrected chi connectivity index (χ2v) is 5.28. The van der Waals surface area contributed by atoms with Gasteiger partial charge in [0.25, 0.3) is 5.89 Å². The standard InChI is InChI=1S/C12H13BrClN3O/c1-2-8(15)6-11-16-12(18-17-11)7-3-4-10(14)9(13)5-7/h3-5,8H,2,6,15H2,1H3. The number of hydrogen-bond donors (Lipinski definition) is 1. The molecule has 0 saturated carbocycles. The molecular weight excluding hydrogens is 318 g/mol. The van der Waals surface area contributed by atoms with Crippen LogP contribution in [-0.4, -0.2) is 16.2 Å². The Labute approximate surface area is 119 Å². The molecule has 6 heteroatoms. The van der Waals surface area contributed by atoms with E-state index in [1.807, 2.05) is 19.1 Å². The van der Waals surface area contributed by atoms with E-state index in [1.54, 1.807) is 6.07 Å². The van der Waals surface area contributed by atoms with Crippen molar-refractivity contribution in [3.05, 3.63) is 33.5 Å². The summed E-state index contributed by atoms with van der Waals surface area (Å²) >= 11 is 9.29. The van der Waals surface area contributed by atoms with Crippen molar-refractivity contribution in [2.75, 3.05) is 0 Å². The van der Waals surface area contributed by atoms with Crippen molar-refractivity contribution in [3.8, 4) is 11.5 Å². The highest BCUT2D eigenvalue weighted by Crippen LogP contribution is 2.28. The molecule has 1 aromatic heterocycles. The highest BCUT2D eigenvalue weighted by Gasteiger charge is 2.12. The summed E-state index contributed by atoms with van der Waals surface area (Å²) in [6.45, 7) is 2.03. The average molecular weight is 331 g/mol. The summed E-state index contributed by atoms with van der Waals surface area (Å²) in [4.78, 5) is 4.32. The van der Waals surface area contributed by atoms with Gasteiger partial charge in [0.05, 0.1) is 5.02 Å². The maximum Gasteiger partial charge on any atom is 0.257 e. The van der Waals surface area contributed by atoms with Crippen molar-refractivity contribution >= 4 is 27.5 Å². The summed E-state index contributed by atoms with van der Waals surface area (Å²) < 4.78 is 6.01. The molecule has 4 nitrogen and oxygen atoms in total. The second-order valence-electron chi connectivity index (χ2n) is 4.02. The summed E-state index contributed by atoms with van der Waals surface area (Å²) in [5, 5.41) is 4.56. The van der Waals surface area contributed by atoms with Gasteiger partial charge in [0.15, 0.2) is 5.82 Å². The number of aromatic nitrogens is 2. The van der Waals surface area contributed by atoms with Crippen LogP contribution in [0.1, 0.15) is 19.2 Å². The number of nitrogens with zero attached hydrogens (tertiary/aromatic N) is 2. The lowest BCUT2D eigenvalue weighted by atomic mass is 10.1. The van der Waals surface area contributed by atoms with Gasteiger partial charge < -0.3 is 10.3 Å². The quantitative estimate of drug-likeness (QED) is 0.932. The molecule has 2 rings (SSSR count). The summed E-state index contributed by atoms with van der Waals surface area (Å²) in [5.74, 6) is 1.11. The number of rotatable bonds is 4. The molecule has 0 aliphatic rings. The zero-order chi connectivity index (χ0) is 13.1. The Morgan fingerprint density at radius 2 is 2.28 bits per heavy atom. The Kier molecular flexibility index (Phi) is 4.37. The van der Waals surface area contributed by atoms with Gasteiger partial charge in [0.1, 0.15) is 0 Å². The number of benzene rings is 1. The Hall–Kier alpha value is -0.910. The van der Waals surface area contributed by atoms with Gasteiger partial charge in [0, 0.05) is 22.5 Å². The second kappa shape index (κ2) is 5.82. The van der Waals surface area contributed by atoms with Crippen LogP contribution in [0.15, 0.2) is 27.2 Å². The van der Waals surface area contributed by atoms with Crippen molar-refractivity contribution in [3.63, 3.8) is 0 Å². The molecule has 0 radical (unpaired) electrons. The summed E-state index contributed by atoms with van der Waals surface area (Å²) in [5.41, 5.74) is 6.68. The zero-order valence-electron chi connectivity index (χ0n) is 9.86. The molecule has 2 aromatic rings. The molecule has 1 aromatic carbocycles. The van der Waals surface area contributed by atoms with E-state index in [9.17, 15) is 0 Å². The Balaban J connectivity index is 2.21. The van der Waals surface area contributed by atoms with Gasteiger partial charge in [-0.05, 0) is 40.5 Å². The van der Waals surface area contributed by atoms with Crippen LogP contribution in [-0.2, 0) is 6.42 Å². The Bertz CT molecular complexity index is 544. The van der Waals surface area contributed by atoms with E-state index in [2.05, 4.69) is 26.1 Å². The third-order valence-corrected chi connectivity index (χ3v) is 3.82. The number of nitrogens with two attached hydrogens (primary N) is 1. The number of hydrogen-bond acceptors (Lipinski definition) is 4. The minimum absolute atomic E-state index is 0.0624. The van der Waals surface area contributed by atoms with E-state index in [-0.39, 0.29) is 6.04 Å². The van der Waals surface area contributed by atoms with E-state index < -0.39 is 0 Å². The van der Waals surface area contributed by atoms with Crippen LogP contribution in [0.5, 0.6) is 0 Å². The minimum Gasteiger partial charge on any atom is -0.334 e. The van der Waals surface area contributed by atoms with Gasteiger partial charge in [-0.1, -0.05) is 23.7 Å². The van der Waals surface area contributed by atoms with Crippen molar-refractivity contribution in [2.45, 2.75) is 25.8 Å². The molecule has 0 fully saturated rings. The topological polar surface area (TPSA) is 64.9 Å². The molecule has 0 spiro atoms. The monoisotopic (exact) mass is 329 g/mol. The fourth-order valence-electron chi connectivity index (χ4n) is 1.46. The molecule has 0 amide bonds. The molecule has 1 unspecified atom stereocenters. The van der Waals surface area contributed by atoms with Crippen LogP contribution in [0.25, 0.3) is 11.5 Å². The normalized spacial score (nSPS) is 12.7. The zero-order valence-corrected chi connectivity index (χ0v) is 12.2. The maximum absolute atomic E-state index is 5.93. The molecule has 0 saturated heterocycles. The molecule has 18 heavy (non-hydrogen) atoms. The minimum atomic E-state index is 0.0624. The predicted octanol–water partition coefficient (Wildman–Crippen LogP) is 3.43. The van der Waals surface area contributed by atoms with Gasteiger partial charge >= 0.3 is 0 Å². The number of halogens is 2. The van der Waals surface area contributed by atoms with Crippen molar-refractivity contribution < 1.29 is 4.52 Å². The molecule has 1 heterocycles. The fourth-order valence-corrected chi connectivity index (χ4v) is 1.96. The summed E-state index contributed by atoms with van der Waals surface area (Å²) in [6, 6.07) is 5.53. The van der Waals surface area contributed by atoms with Crippen LogP contribution < -0.4 is 5.73 Å². The fraction of sp³-hybridized carbons (Fsp3) is 0.333. The molecule has 0 aliphatic carbocycles. The molecule has 2 N–H and O–H groups in total. The van der Waals surface area contributed by atoms with Crippen LogP contribution in [0.4, 0.5) is 0 Å². The van der Waals surface area contributed by atoms with Crippen LogP contribution in [0.2, 0.25) is 5.02 Å². The van der Waals surface area contributed by atoms with E-state index >= 15 is 0 Å². The van der Waals surface area contributed by atoms with Crippen molar-refractivity contribution in [2.24, 2.45) is 5.73 Å². The first-order chi connectivity index (χ1) is 8.60. The molecule has 96 valence electrons. The molecular formula is C12H13BrClN3O. The maximum atomic E-state index is 5.93. The first-order valence-corrected chi connectivity index (χ1v) is 6.80. The van der Waals surface area contributed by atoms with Crippen molar-refractivity contribution in [1.29, 1.82) is 0 Å². The highest BCUT2D eigenvalue weighted by molar-refractivity contribution is 9.10. The SMILES string of the molecule is CCC(N)Cc1noc(-c2ccc(Cl)c(Br)c2)n1. The third kappa shape index (κ3) is 3.10. The van der Waals surface area contributed by atoms with Crippen LogP contribution >= 0.6 is 27.5 Å². The Morgan fingerprint density at radius 3 is 2.94 bits per heavy atom. The average Bonchev–Trinajstić information content (AvgIpc) is 2.81.